The summed E-state index contributed by atoms with van der Waals surface area (Å²) >= 11 is 0. The molecule has 3 heteroatoms. The lowest BCUT2D eigenvalue weighted by Crippen LogP contribution is -2.29. The highest BCUT2D eigenvalue weighted by molar-refractivity contribution is 5.76. The van der Waals surface area contributed by atoms with Crippen LogP contribution in [0.3, 0.4) is 0 Å². The van der Waals surface area contributed by atoms with E-state index in [2.05, 4.69) is 0 Å². The molecule has 1 rings (SSSR count). The molecular weight excluding hydrogens is 142 g/mol. The lowest BCUT2D eigenvalue weighted by molar-refractivity contribution is -0.123. The Morgan fingerprint density at radius 3 is 2.27 bits per heavy atom. The Kier molecular flexibility index (Phi) is 2.88. The minimum absolute atomic E-state index is 0.0985. The van der Waals surface area contributed by atoms with Crippen LogP contribution < -0.4 is 5.73 Å². The maximum Gasteiger partial charge on any atom is 0.220 e. The van der Waals surface area contributed by atoms with Gasteiger partial charge in [-0.3, -0.25) is 4.79 Å². The van der Waals surface area contributed by atoms with Crippen molar-refractivity contribution in [1.82, 2.24) is 0 Å². The van der Waals surface area contributed by atoms with Crippen LogP contribution in [0.1, 0.15) is 25.7 Å². The normalized spacial score (nSPS) is 31.7. The van der Waals surface area contributed by atoms with E-state index in [4.69, 9.17) is 10.5 Å². The van der Waals surface area contributed by atoms with Gasteiger partial charge >= 0.3 is 0 Å². The summed E-state index contributed by atoms with van der Waals surface area (Å²) in [6.07, 6.45) is 4.10. The Hall–Kier alpha value is -0.570. The van der Waals surface area contributed by atoms with E-state index in [1.54, 1.807) is 7.11 Å². The van der Waals surface area contributed by atoms with Gasteiger partial charge in [0.15, 0.2) is 0 Å². The SMILES string of the molecule is COC1CCC(C(N)=O)CC1. The highest BCUT2D eigenvalue weighted by Gasteiger charge is 2.23. The zero-order valence-corrected chi connectivity index (χ0v) is 6.88. The summed E-state index contributed by atoms with van der Waals surface area (Å²) in [7, 11) is 1.72. The lowest BCUT2D eigenvalue weighted by Gasteiger charge is -2.25. The number of hydrogen-bond acceptors (Lipinski definition) is 2. The quantitative estimate of drug-likeness (QED) is 0.640. The van der Waals surface area contributed by atoms with E-state index in [-0.39, 0.29) is 11.8 Å². The first kappa shape index (κ1) is 8.53. The van der Waals surface area contributed by atoms with E-state index in [9.17, 15) is 4.79 Å². The lowest BCUT2D eigenvalue weighted by atomic mass is 9.87. The predicted octanol–water partition coefficient (Wildman–Crippen LogP) is 0.677. The Balaban J connectivity index is 2.30. The molecule has 11 heavy (non-hydrogen) atoms. The third-order valence-electron chi connectivity index (χ3n) is 2.41. The summed E-state index contributed by atoms with van der Waals surface area (Å²) in [5.41, 5.74) is 5.17. The number of nitrogens with two attached hydrogens (primary N) is 1. The first-order valence-electron chi connectivity index (χ1n) is 4.06. The molecule has 2 N–H and O–H groups in total. The van der Waals surface area contributed by atoms with Gasteiger partial charge in [0.1, 0.15) is 0 Å². The molecule has 1 aliphatic carbocycles. The molecule has 64 valence electrons. The van der Waals surface area contributed by atoms with E-state index in [0.717, 1.165) is 25.7 Å². The Bertz CT molecular complexity index is 139. The van der Waals surface area contributed by atoms with Crippen LogP contribution in [0.2, 0.25) is 0 Å². The van der Waals surface area contributed by atoms with Crippen molar-refractivity contribution in [2.45, 2.75) is 31.8 Å². The van der Waals surface area contributed by atoms with Crippen molar-refractivity contribution in [1.29, 1.82) is 0 Å². The summed E-state index contributed by atoms with van der Waals surface area (Å²) in [5, 5.41) is 0. The molecule has 3 nitrogen and oxygen atoms in total. The summed E-state index contributed by atoms with van der Waals surface area (Å²) in [6.45, 7) is 0. The molecule has 0 unspecified atom stereocenters. The third kappa shape index (κ3) is 2.19. The second-order valence-electron chi connectivity index (χ2n) is 3.11. The van der Waals surface area contributed by atoms with Crippen molar-refractivity contribution in [3.8, 4) is 0 Å². The van der Waals surface area contributed by atoms with Crippen LogP contribution in [0.4, 0.5) is 0 Å². The van der Waals surface area contributed by atoms with Crippen LogP contribution in [0.5, 0.6) is 0 Å². The molecule has 0 aliphatic heterocycles. The van der Waals surface area contributed by atoms with Crippen LogP contribution in [0, 0.1) is 5.92 Å². The van der Waals surface area contributed by atoms with Crippen molar-refractivity contribution in [2.24, 2.45) is 11.7 Å². The standard InChI is InChI=1S/C8H15NO2/c1-11-7-4-2-6(3-5-7)8(9)10/h6-7H,2-5H2,1H3,(H2,9,10). The number of primary amides is 1. The number of rotatable bonds is 2. The van der Waals surface area contributed by atoms with Crippen LogP contribution in [-0.2, 0) is 9.53 Å². The number of amides is 1. The van der Waals surface area contributed by atoms with Gasteiger partial charge in [-0.1, -0.05) is 0 Å². The minimum Gasteiger partial charge on any atom is -0.381 e. The molecule has 1 amide bonds. The first-order chi connectivity index (χ1) is 5.24. The number of hydrogen-bond donors (Lipinski definition) is 1. The van der Waals surface area contributed by atoms with E-state index in [1.807, 2.05) is 0 Å². The van der Waals surface area contributed by atoms with Gasteiger partial charge in [0.25, 0.3) is 0 Å². The van der Waals surface area contributed by atoms with Gasteiger partial charge in [-0.15, -0.1) is 0 Å². The molecule has 0 saturated heterocycles. The first-order valence-corrected chi connectivity index (χ1v) is 4.06. The Labute approximate surface area is 66.9 Å². The number of carbonyl (C=O) groups is 1. The smallest absolute Gasteiger partial charge is 0.220 e. The largest absolute Gasteiger partial charge is 0.381 e. The van der Waals surface area contributed by atoms with Gasteiger partial charge in [0.2, 0.25) is 5.91 Å². The number of ether oxygens (including phenoxy) is 1. The summed E-state index contributed by atoms with van der Waals surface area (Å²) in [6, 6.07) is 0. The Morgan fingerprint density at radius 2 is 1.91 bits per heavy atom. The van der Waals surface area contributed by atoms with Crippen molar-refractivity contribution in [3.05, 3.63) is 0 Å². The fourth-order valence-electron chi connectivity index (χ4n) is 1.58. The molecule has 0 aromatic heterocycles. The van der Waals surface area contributed by atoms with Crippen molar-refractivity contribution < 1.29 is 9.53 Å². The van der Waals surface area contributed by atoms with Gasteiger partial charge in [-0.05, 0) is 25.7 Å². The Morgan fingerprint density at radius 1 is 1.36 bits per heavy atom. The van der Waals surface area contributed by atoms with Crippen molar-refractivity contribution in [2.75, 3.05) is 7.11 Å². The number of carbonyl (C=O) groups excluding carboxylic acids is 1. The maximum absolute atomic E-state index is 10.7. The van der Waals surface area contributed by atoms with E-state index >= 15 is 0 Å². The second-order valence-corrected chi connectivity index (χ2v) is 3.11. The van der Waals surface area contributed by atoms with Crippen LogP contribution in [0.15, 0.2) is 0 Å². The van der Waals surface area contributed by atoms with Crippen molar-refractivity contribution >= 4 is 5.91 Å². The molecule has 1 fully saturated rings. The van der Waals surface area contributed by atoms with E-state index in [1.165, 1.54) is 0 Å². The van der Waals surface area contributed by atoms with Crippen LogP contribution >= 0.6 is 0 Å². The third-order valence-corrected chi connectivity index (χ3v) is 2.41. The van der Waals surface area contributed by atoms with Crippen molar-refractivity contribution in [3.63, 3.8) is 0 Å². The molecule has 0 bridgehead atoms. The van der Waals surface area contributed by atoms with Gasteiger partial charge in [0.05, 0.1) is 6.10 Å². The fraction of sp³-hybridized carbons (Fsp3) is 0.875. The highest BCUT2D eigenvalue weighted by atomic mass is 16.5. The number of methoxy groups -OCH3 is 1. The van der Waals surface area contributed by atoms with Gasteiger partial charge < -0.3 is 10.5 Å². The minimum atomic E-state index is -0.153. The molecule has 1 saturated carbocycles. The molecule has 0 radical (unpaired) electrons. The summed E-state index contributed by atoms with van der Waals surface area (Å²) < 4.78 is 5.17. The van der Waals surface area contributed by atoms with E-state index < -0.39 is 0 Å². The molecule has 0 aromatic carbocycles. The molecule has 0 aromatic rings. The van der Waals surface area contributed by atoms with Crippen LogP contribution in [0.25, 0.3) is 0 Å². The zero-order valence-electron chi connectivity index (χ0n) is 6.88. The van der Waals surface area contributed by atoms with Crippen LogP contribution in [-0.4, -0.2) is 19.1 Å². The molecule has 1 aliphatic rings. The summed E-state index contributed by atoms with van der Waals surface area (Å²) in [4.78, 5) is 10.7. The molecular formula is C8H15NO2. The predicted molar refractivity (Wildman–Crippen MR) is 41.9 cm³/mol. The topological polar surface area (TPSA) is 52.3 Å². The van der Waals surface area contributed by atoms with Gasteiger partial charge in [0, 0.05) is 13.0 Å². The molecule has 0 atom stereocenters. The molecule has 0 heterocycles. The average molecular weight is 157 g/mol. The van der Waals surface area contributed by atoms with Gasteiger partial charge in [-0.2, -0.15) is 0 Å². The highest BCUT2D eigenvalue weighted by Crippen LogP contribution is 2.25. The fourth-order valence-corrected chi connectivity index (χ4v) is 1.58. The monoisotopic (exact) mass is 157 g/mol. The van der Waals surface area contributed by atoms with E-state index in [0.29, 0.717) is 6.10 Å². The zero-order chi connectivity index (χ0) is 8.27. The average Bonchev–Trinajstić information content (AvgIpc) is 2.05. The van der Waals surface area contributed by atoms with Gasteiger partial charge in [-0.25, -0.2) is 0 Å². The maximum atomic E-state index is 10.7. The second kappa shape index (κ2) is 3.72. The molecule has 0 spiro atoms. The summed E-state index contributed by atoms with van der Waals surface area (Å²) in [5.74, 6) is -0.0547.